The number of nitrogens with one attached hydrogen (secondary N) is 1. The number of hydrogen-bond donors (Lipinski definition) is 1. The molecule has 92 valence electrons. The fourth-order valence-corrected chi connectivity index (χ4v) is 2.33. The number of fused-ring (bicyclic) bond motifs is 1. The summed E-state index contributed by atoms with van der Waals surface area (Å²) in [5.41, 5.74) is 3.41. The first kappa shape index (κ1) is 12.2. The zero-order valence-electron chi connectivity index (χ0n) is 10.6. The van der Waals surface area contributed by atoms with Gasteiger partial charge in [0.2, 0.25) is 0 Å². The Kier molecular flexibility index (Phi) is 4.18. The van der Waals surface area contributed by atoms with Gasteiger partial charge in [-0.1, -0.05) is 19.8 Å². The van der Waals surface area contributed by atoms with Crippen molar-refractivity contribution < 1.29 is 4.79 Å². The minimum atomic E-state index is 0.298. The monoisotopic (exact) mass is 231 g/mol. The number of unbranched alkanes of at least 4 members (excludes halogenated alkanes) is 2. The topological polar surface area (TPSA) is 29.1 Å². The second kappa shape index (κ2) is 5.85. The second-order valence-corrected chi connectivity index (χ2v) is 4.78. The third kappa shape index (κ3) is 3.09. The van der Waals surface area contributed by atoms with Gasteiger partial charge in [0.1, 0.15) is 0 Å². The summed E-state index contributed by atoms with van der Waals surface area (Å²) in [7, 11) is 0. The molecule has 1 aliphatic rings. The maximum Gasteiger partial charge on any atom is 0.162 e. The second-order valence-electron chi connectivity index (χ2n) is 4.78. The average molecular weight is 231 g/mol. The lowest BCUT2D eigenvalue weighted by atomic mass is 9.97. The molecule has 1 heterocycles. The Morgan fingerprint density at radius 2 is 2.24 bits per heavy atom. The minimum absolute atomic E-state index is 0.298. The van der Waals surface area contributed by atoms with Crippen molar-refractivity contribution >= 4 is 11.5 Å². The van der Waals surface area contributed by atoms with Crippen LogP contribution in [0.5, 0.6) is 0 Å². The van der Waals surface area contributed by atoms with Gasteiger partial charge < -0.3 is 5.32 Å². The van der Waals surface area contributed by atoms with E-state index >= 15 is 0 Å². The van der Waals surface area contributed by atoms with Crippen LogP contribution < -0.4 is 5.32 Å². The van der Waals surface area contributed by atoms with Gasteiger partial charge in [0, 0.05) is 24.2 Å². The summed E-state index contributed by atoms with van der Waals surface area (Å²) >= 11 is 0. The van der Waals surface area contributed by atoms with Gasteiger partial charge in [-0.25, -0.2) is 0 Å². The fraction of sp³-hybridized carbons (Fsp3) is 0.533. The first-order valence-electron chi connectivity index (χ1n) is 6.71. The third-order valence-electron chi connectivity index (χ3n) is 3.37. The van der Waals surface area contributed by atoms with Crippen LogP contribution in [0.4, 0.5) is 5.69 Å². The molecule has 2 nitrogen and oxygen atoms in total. The molecule has 0 radical (unpaired) electrons. The molecule has 0 unspecified atom stereocenters. The average Bonchev–Trinajstić information content (AvgIpc) is 2.38. The lowest BCUT2D eigenvalue weighted by molar-refractivity contribution is 0.0979. The number of Topliss-reactive ketones (excluding diaryl/α,β-unsaturated/α-hetero) is 1. The van der Waals surface area contributed by atoms with Gasteiger partial charge in [-0.05, 0) is 43.0 Å². The first-order chi connectivity index (χ1) is 8.31. The molecule has 0 saturated carbocycles. The van der Waals surface area contributed by atoms with Crippen LogP contribution in [0.15, 0.2) is 18.2 Å². The van der Waals surface area contributed by atoms with Crippen LogP contribution in [-0.2, 0) is 6.42 Å². The highest BCUT2D eigenvalue weighted by atomic mass is 16.1. The van der Waals surface area contributed by atoms with E-state index in [9.17, 15) is 4.79 Å². The van der Waals surface area contributed by atoms with E-state index < -0.39 is 0 Å². The molecule has 0 atom stereocenters. The molecule has 1 aliphatic heterocycles. The standard InChI is InChI=1S/C15H21NO/c1-2-3-4-7-15(17)13-8-9-14-12(11-13)6-5-10-16-14/h8-9,11,16H,2-7,10H2,1H3. The lowest BCUT2D eigenvalue weighted by Crippen LogP contribution is -2.12. The number of anilines is 1. The van der Waals surface area contributed by atoms with Crippen LogP contribution in [0.3, 0.4) is 0 Å². The predicted octanol–water partition coefficient (Wildman–Crippen LogP) is 3.81. The Hall–Kier alpha value is -1.31. The van der Waals surface area contributed by atoms with Crippen molar-refractivity contribution in [1.29, 1.82) is 0 Å². The van der Waals surface area contributed by atoms with Crippen molar-refractivity contribution in [2.45, 2.75) is 45.4 Å². The van der Waals surface area contributed by atoms with E-state index in [1.807, 2.05) is 6.07 Å². The fourth-order valence-electron chi connectivity index (χ4n) is 2.33. The maximum absolute atomic E-state index is 12.0. The van der Waals surface area contributed by atoms with Gasteiger partial charge in [-0.2, -0.15) is 0 Å². The van der Waals surface area contributed by atoms with Gasteiger partial charge in [-0.3, -0.25) is 4.79 Å². The highest BCUT2D eigenvalue weighted by Gasteiger charge is 2.12. The Balaban J connectivity index is 2.03. The largest absolute Gasteiger partial charge is 0.385 e. The number of rotatable bonds is 5. The molecule has 0 aromatic heterocycles. The summed E-state index contributed by atoms with van der Waals surface area (Å²) in [6, 6.07) is 6.10. The van der Waals surface area contributed by atoms with Crippen LogP contribution >= 0.6 is 0 Å². The van der Waals surface area contributed by atoms with Gasteiger partial charge >= 0.3 is 0 Å². The van der Waals surface area contributed by atoms with E-state index in [0.29, 0.717) is 12.2 Å². The van der Waals surface area contributed by atoms with E-state index in [4.69, 9.17) is 0 Å². The highest BCUT2D eigenvalue weighted by molar-refractivity contribution is 5.96. The third-order valence-corrected chi connectivity index (χ3v) is 3.37. The van der Waals surface area contributed by atoms with Gasteiger partial charge in [0.25, 0.3) is 0 Å². The summed E-state index contributed by atoms with van der Waals surface area (Å²) in [6.07, 6.45) is 6.29. The number of carbonyl (C=O) groups excluding carboxylic acids is 1. The molecule has 2 heteroatoms. The molecule has 1 N–H and O–H groups in total. The molecule has 1 aromatic rings. The summed E-state index contributed by atoms with van der Waals surface area (Å²) in [6.45, 7) is 3.21. The Morgan fingerprint density at radius 1 is 1.35 bits per heavy atom. The zero-order valence-corrected chi connectivity index (χ0v) is 10.6. The van der Waals surface area contributed by atoms with Crippen LogP contribution in [0.25, 0.3) is 0 Å². The molecular formula is C15H21NO. The summed E-state index contributed by atoms with van der Waals surface area (Å²) in [5.74, 6) is 0.298. The predicted molar refractivity (Wildman–Crippen MR) is 71.7 cm³/mol. The van der Waals surface area contributed by atoms with Gasteiger partial charge in [0.15, 0.2) is 5.78 Å². The SMILES string of the molecule is CCCCCC(=O)c1ccc2c(c1)CCCN2. The van der Waals surface area contributed by atoms with Crippen LogP contribution in [-0.4, -0.2) is 12.3 Å². The Labute approximate surface area is 103 Å². The molecule has 0 amide bonds. The van der Waals surface area contributed by atoms with Crippen molar-refractivity contribution in [3.8, 4) is 0 Å². The molecule has 0 spiro atoms. The van der Waals surface area contributed by atoms with E-state index in [-0.39, 0.29) is 0 Å². The summed E-state index contributed by atoms with van der Waals surface area (Å²) in [4.78, 5) is 12.0. The molecule has 1 aromatic carbocycles. The van der Waals surface area contributed by atoms with E-state index in [0.717, 1.165) is 31.4 Å². The number of hydrogen-bond acceptors (Lipinski definition) is 2. The molecule has 0 saturated heterocycles. The Morgan fingerprint density at radius 3 is 3.06 bits per heavy atom. The van der Waals surface area contributed by atoms with Crippen molar-refractivity contribution in [3.63, 3.8) is 0 Å². The van der Waals surface area contributed by atoms with Gasteiger partial charge in [0.05, 0.1) is 0 Å². The minimum Gasteiger partial charge on any atom is -0.385 e. The number of carbonyl (C=O) groups is 1. The summed E-state index contributed by atoms with van der Waals surface area (Å²) in [5, 5.41) is 3.37. The van der Waals surface area contributed by atoms with E-state index in [2.05, 4.69) is 24.4 Å². The molecule has 2 rings (SSSR count). The highest BCUT2D eigenvalue weighted by Crippen LogP contribution is 2.23. The van der Waals surface area contributed by atoms with Crippen LogP contribution in [0.1, 0.15) is 54.9 Å². The van der Waals surface area contributed by atoms with Crippen molar-refractivity contribution in [2.24, 2.45) is 0 Å². The van der Waals surface area contributed by atoms with Crippen molar-refractivity contribution in [3.05, 3.63) is 29.3 Å². The molecule has 0 fully saturated rings. The number of ketones is 1. The zero-order chi connectivity index (χ0) is 12.1. The molecule has 17 heavy (non-hydrogen) atoms. The van der Waals surface area contributed by atoms with Crippen molar-refractivity contribution in [2.75, 3.05) is 11.9 Å². The number of benzene rings is 1. The first-order valence-corrected chi connectivity index (χ1v) is 6.71. The van der Waals surface area contributed by atoms with Gasteiger partial charge in [-0.15, -0.1) is 0 Å². The normalized spacial score (nSPS) is 13.9. The van der Waals surface area contributed by atoms with E-state index in [1.54, 1.807) is 0 Å². The van der Waals surface area contributed by atoms with Crippen LogP contribution in [0.2, 0.25) is 0 Å². The van der Waals surface area contributed by atoms with Crippen LogP contribution in [0, 0.1) is 0 Å². The molecular weight excluding hydrogens is 210 g/mol. The number of aryl methyl sites for hydroxylation is 1. The quantitative estimate of drug-likeness (QED) is 0.616. The summed E-state index contributed by atoms with van der Waals surface area (Å²) < 4.78 is 0. The van der Waals surface area contributed by atoms with E-state index in [1.165, 1.54) is 24.1 Å². The van der Waals surface area contributed by atoms with Crippen molar-refractivity contribution in [1.82, 2.24) is 0 Å². The maximum atomic E-state index is 12.0. The Bertz CT molecular complexity index is 398. The smallest absolute Gasteiger partial charge is 0.162 e. The molecule has 0 bridgehead atoms. The molecule has 0 aliphatic carbocycles. The lowest BCUT2D eigenvalue weighted by Gasteiger charge is -2.18.